The molecule has 0 fully saturated rings. The Balaban J connectivity index is 2.40. The summed E-state index contributed by atoms with van der Waals surface area (Å²) in [6, 6.07) is 2.18. The van der Waals surface area contributed by atoms with Crippen LogP contribution in [0.1, 0.15) is 38.1 Å². The van der Waals surface area contributed by atoms with E-state index in [1.54, 1.807) is 0 Å². The van der Waals surface area contributed by atoms with Crippen molar-refractivity contribution in [2.75, 3.05) is 0 Å². The summed E-state index contributed by atoms with van der Waals surface area (Å²) in [4.78, 5) is 0.632. The number of halogens is 1. The minimum atomic E-state index is 0.632. The third kappa shape index (κ3) is 4.37. The van der Waals surface area contributed by atoms with Gasteiger partial charge in [0.25, 0.3) is 0 Å². The van der Waals surface area contributed by atoms with Crippen molar-refractivity contribution in [2.24, 2.45) is 13.0 Å². The fourth-order valence-corrected chi connectivity index (χ4v) is 2.81. The summed E-state index contributed by atoms with van der Waals surface area (Å²) < 4.78 is 1.99. The van der Waals surface area contributed by atoms with Crippen molar-refractivity contribution in [1.29, 1.82) is 0 Å². The molecule has 0 bridgehead atoms. The lowest BCUT2D eigenvalue weighted by molar-refractivity contribution is 0.548. The van der Waals surface area contributed by atoms with Crippen LogP contribution < -0.4 is 0 Å². The van der Waals surface area contributed by atoms with E-state index in [-0.39, 0.29) is 0 Å². The molecule has 1 aromatic rings. The Kier molecular flexibility index (Phi) is 4.84. The molecule has 0 amide bonds. The maximum atomic E-state index is 4.35. The van der Waals surface area contributed by atoms with Gasteiger partial charge in [0.1, 0.15) is 0 Å². The first kappa shape index (κ1) is 12.8. The molecule has 0 aromatic carbocycles. The highest BCUT2D eigenvalue weighted by Gasteiger charge is 2.09. The average Bonchev–Trinajstić information content (AvgIpc) is 2.40. The largest absolute Gasteiger partial charge is 0.272 e. The van der Waals surface area contributed by atoms with Gasteiger partial charge in [-0.25, -0.2) is 0 Å². The monoisotopic (exact) mass is 272 g/mol. The van der Waals surface area contributed by atoms with Gasteiger partial charge in [-0.1, -0.05) is 29.8 Å². The topological polar surface area (TPSA) is 17.8 Å². The van der Waals surface area contributed by atoms with E-state index in [2.05, 4.69) is 40.9 Å². The molecule has 2 nitrogen and oxygen atoms in total. The minimum Gasteiger partial charge on any atom is -0.272 e. The Morgan fingerprint density at radius 3 is 2.60 bits per heavy atom. The van der Waals surface area contributed by atoms with Crippen molar-refractivity contribution >= 4 is 15.9 Å². The Morgan fingerprint density at radius 2 is 2.13 bits per heavy atom. The minimum absolute atomic E-state index is 0.632. The summed E-state index contributed by atoms with van der Waals surface area (Å²) >= 11 is 3.74. The third-order valence-corrected chi connectivity index (χ3v) is 3.37. The van der Waals surface area contributed by atoms with Crippen LogP contribution in [-0.4, -0.2) is 14.6 Å². The highest BCUT2D eigenvalue weighted by atomic mass is 79.9. The van der Waals surface area contributed by atoms with Crippen molar-refractivity contribution < 1.29 is 0 Å². The van der Waals surface area contributed by atoms with Crippen molar-refractivity contribution in [3.8, 4) is 0 Å². The van der Waals surface area contributed by atoms with Crippen molar-refractivity contribution in [3.05, 3.63) is 17.5 Å². The Bertz CT molecular complexity index is 305. The molecule has 1 rings (SSSR count). The number of nitrogens with zero attached hydrogens (tertiary/aromatic N) is 2. The van der Waals surface area contributed by atoms with Crippen LogP contribution in [0.5, 0.6) is 0 Å². The molecular formula is C12H21BrN2. The summed E-state index contributed by atoms with van der Waals surface area (Å²) in [5.41, 5.74) is 2.45. The van der Waals surface area contributed by atoms with Crippen LogP contribution in [0.2, 0.25) is 0 Å². The van der Waals surface area contributed by atoms with Gasteiger partial charge in [0, 0.05) is 17.6 Å². The quantitative estimate of drug-likeness (QED) is 0.751. The second-order valence-electron chi connectivity index (χ2n) is 4.67. The van der Waals surface area contributed by atoms with E-state index in [0.717, 1.165) is 18.0 Å². The zero-order valence-corrected chi connectivity index (χ0v) is 11.7. The first-order valence-corrected chi connectivity index (χ1v) is 6.54. The highest BCUT2D eigenvalue weighted by Crippen LogP contribution is 2.18. The van der Waals surface area contributed by atoms with Crippen LogP contribution in [0.15, 0.2) is 6.07 Å². The predicted octanol–water partition coefficient (Wildman–Crippen LogP) is 3.47. The second kappa shape index (κ2) is 5.69. The van der Waals surface area contributed by atoms with Crippen LogP contribution in [0.4, 0.5) is 0 Å². The average molecular weight is 273 g/mol. The lowest BCUT2D eigenvalue weighted by Crippen LogP contribution is -2.06. The van der Waals surface area contributed by atoms with Crippen LogP contribution in [0.3, 0.4) is 0 Å². The molecule has 86 valence electrons. The molecule has 0 radical (unpaired) electrons. The molecular weight excluding hydrogens is 252 g/mol. The molecule has 1 aromatic heterocycles. The van der Waals surface area contributed by atoms with Crippen molar-refractivity contribution in [3.63, 3.8) is 0 Å². The summed E-state index contributed by atoms with van der Waals surface area (Å²) in [6.07, 6.45) is 3.55. The second-order valence-corrected chi connectivity index (χ2v) is 5.96. The van der Waals surface area contributed by atoms with Crippen LogP contribution >= 0.6 is 15.9 Å². The fourth-order valence-electron chi connectivity index (χ4n) is 1.83. The maximum absolute atomic E-state index is 4.35. The third-order valence-electron chi connectivity index (χ3n) is 2.54. The van der Waals surface area contributed by atoms with Crippen molar-refractivity contribution in [1.82, 2.24) is 9.78 Å². The molecule has 0 N–H and O–H groups in total. The van der Waals surface area contributed by atoms with Gasteiger partial charge in [-0.3, -0.25) is 4.68 Å². The molecule has 0 saturated heterocycles. The van der Waals surface area contributed by atoms with Crippen molar-refractivity contribution in [2.45, 2.75) is 44.9 Å². The first-order chi connectivity index (χ1) is 6.99. The molecule has 15 heavy (non-hydrogen) atoms. The lowest BCUT2D eigenvalue weighted by atomic mass is 10.0. The molecule has 1 atom stereocenters. The molecule has 0 aliphatic heterocycles. The first-order valence-electron chi connectivity index (χ1n) is 5.62. The summed E-state index contributed by atoms with van der Waals surface area (Å²) in [5.74, 6) is 0.766. The van der Waals surface area contributed by atoms with E-state index in [1.165, 1.54) is 18.5 Å². The predicted molar refractivity (Wildman–Crippen MR) is 68.4 cm³/mol. The summed E-state index contributed by atoms with van der Waals surface area (Å²) in [5, 5.41) is 4.35. The number of aromatic nitrogens is 2. The Hall–Kier alpha value is -0.310. The molecule has 1 unspecified atom stereocenters. The van der Waals surface area contributed by atoms with Gasteiger partial charge in [0.15, 0.2) is 0 Å². The van der Waals surface area contributed by atoms with Gasteiger partial charge in [-0.15, -0.1) is 0 Å². The standard InChI is InChI=1S/C12H21BrN2/c1-9(2)7-11(13)5-6-12-8-10(3)14-15(12)4/h8-9,11H,5-7H2,1-4H3. The molecule has 0 spiro atoms. The summed E-state index contributed by atoms with van der Waals surface area (Å²) in [7, 11) is 2.02. The number of hydrogen-bond acceptors (Lipinski definition) is 1. The molecule has 0 aliphatic carbocycles. The Labute approximate surface area is 101 Å². The summed E-state index contributed by atoms with van der Waals surface area (Å²) in [6.45, 7) is 6.58. The van der Waals surface area contributed by atoms with E-state index in [4.69, 9.17) is 0 Å². The maximum Gasteiger partial charge on any atom is 0.0596 e. The number of aryl methyl sites for hydroxylation is 3. The van der Waals surface area contributed by atoms with Crippen LogP contribution in [-0.2, 0) is 13.5 Å². The van der Waals surface area contributed by atoms with E-state index in [0.29, 0.717) is 4.83 Å². The van der Waals surface area contributed by atoms with E-state index in [9.17, 15) is 0 Å². The molecule has 0 saturated carbocycles. The number of alkyl halides is 1. The Morgan fingerprint density at radius 1 is 1.47 bits per heavy atom. The zero-order valence-electron chi connectivity index (χ0n) is 10.1. The van der Waals surface area contributed by atoms with Crippen LogP contribution in [0, 0.1) is 12.8 Å². The van der Waals surface area contributed by atoms with Gasteiger partial charge in [-0.2, -0.15) is 5.10 Å². The smallest absolute Gasteiger partial charge is 0.0596 e. The molecule has 3 heteroatoms. The van der Waals surface area contributed by atoms with Gasteiger partial charge in [-0.05, 0) is 38.2 Å². The SMILES string of the molecule is Cc1cc(CCC(Br)CC(C)C)n(C)n1. The van der Waals surface area contributed by atoms with E-state index in [1.807, 2.05) is 18.7 Å². The van der Waals surface area contributed by atoms with E-state index < -0.39 is 0 Å². The van der Waals surface area contributed by atoms with Gasteiger partial charge in [0.05, 0.1) is 5.69 Å². The van der Waals surface area contributed by atoms with Gasteiger partial charge in [0.2, 0.25) is 0 Å². The number of hydrogen-bond donors (Lipinski definition) is 0. The van der Waals surface area contributed by atoms with E-state index >= 15 is 0 Å². The molecule has 0 aliphatic rings. The molecule has 1 heterocycles. The van der Waals surface area contributed by atoms with Crippen LogP contribution in [0.25, 0.3) is 0 Å². The van der Waals surface area contributed by atoms with Gasteiger partial charge >= 0.3 is 0 Å². The normalized spacial score (nSPS) is 13.5. The lowest BCUT2D eigenvalue weighted by Gasteiger charge is -2.11. The zero-order chi connectivity index (χ0) is 11.4. The number of rotatable bonds is 5. The van der Waals surface area contributed by atoms with Gasteiger partial charge < -0.3 is 0 Å². The fraction of sp³-hybridized carbons (Fsp3) is 0.750. The highest BCUT2D eigenvalue weighted by molar-refractivity contribution is 9.09.